The number of halogens is 2. The van der Waals surface area contributed by atoms with E-state index in [-0.39, 0.29) is 11.8 Å². The lowest BCUT2D eigenvalue weighted by atomic mass is 9.93. The van der Waals surface area contributed by atoms with Crippen LogP contribution < -0.4 is 10.6 Å². The molecule has 6 aromatic rings. The van der Waals surface area contributed by atoms with E-state index in [1.54, 1.807) is 16.8 Å². The highest BCUT2D eigenvalue weighted by atomic mass is 35.5. The molecule has 1 aliphatic rings. The minimum absolute atomic E-state index is 0.302. The van der Waals surface area contributed by atoms with E-state index >= 15 is 0 Å². The number of anilines is 1. The number of pyridine rings is 1. The summed E-state index contributed by atoms with van der Waals surface area (Å²) in [5.41, 5.74) is 4.37. The van der Waals surface area contributed by atoms with Crippen LogP contribution in [0, 0.1) is 5.82 Å². The molecule has 0 unspecified atom stereocenters. The smallest absolute Gasteiger partial charge is 0.257 e. The van der Waals surface area contributed by atoms with Gasteiger partial charge >= 0.3 is 0 Å². The third kappa shape index (κ3) is 3.94. The van der Waals surface area contributed by atoms with Gasteiger partial charge < -0.3 is 10.6 Å². The van der Waals surface area contributed by atoms with Crippen molar-refractivity contribution in [3.8, 4) is 11.1 Å². The van der Waals surface area contributed by atoms with Crippen molar-refractivity contribution in [3.05, 3.63) is 118 Å². The van der Waals surface area contributed by atoms with Gasteiger partial charge in [-0.2, -0.15) is 5.10 Å². The van der Waals surface area contributed by atoms with Gasteiger partial charge in [-0.15, -0.1) is 11.3 Å². The number of nitrogens with one attached hydrogen (secondary N) is 2. The van der Waals surface area contributed by atoms with Crippen molar-refractivity contribution in [2.45, 2.75) is 6.04 Å². The second kappa shape index (κ2) is 9.00. The molecule has 190 valence electrons. The first kappa shape index (κ1) is 23.5. The third-order valence-electron chi connectivity index (χ3n) is 6.84. The molecule has 0 spiro atoms. The molecule has 3 aromatic heterocycles. The molecule has 2 N–H and O–H groups in total. The summed E-state index contributed by atoms with van der Waals surface area (Å²) in [6.45, 7) is 0. The van der Waals surface area contributed by atoms with Crippen LogP contribution in [0.4, 0.5) is 10.1 Å². The second-order valence-electron chi connectivity index (χ2n) is 9.14. The molecule has 0 saturated carbocycles. The summed E-state index contributed by atoms with van der Waals surface area (Å²) in [5.74, 6) is -1.15. The summed E-state index contributed by atoms with van der Waals surface area (Å²) in [7, 11) is 0. The number of fused-ring (bicyclic) bond motifs is 3. The Hall–Kier alpha value is -4.60. The zero-order chi connectivity index (χ0) is 26.7. The number of hydrogen-bond donors (Lipinski definition) is 2. The summed E-state index contributed by atoms with van der Waals surface area (Å²) in [6.07, 6.45) is 3.26. The van der Waals surface area contributed by atoms with E-state index in [1.807, 2.05) is 47.8 Å². The molecular formula is C29H17ClFN5O2S. The van der Waals surface area contributed by atoms with Gasteiger partial charge in [0, 0.05) is 54.6 Å². The predicted octanol–water partition coefficient (Wildman–Crippen LogP) is 6.49. The zero-order valence-electron chi connectivity index (χ0n) is 20.0. The van der Waals surface area contributed by atoms with Gasteiger partial charge in [-0.25, -0.2) is 13.9 Å². The van der Waals surface area contributed by atoms with Crippen LogP contribution in [0.5, 0.6) is 0 Å². The lowest BCUT2D eigenvalue weighted by molar-refractivity contribution is 0.0959. The van der Waals surface area contributed by atoms with Crippen molar-refractivity contribution in [2.24, 2.45) is 0 Å². The number of carbonyl (C=O) groups is 2. The molecule has 39 heavy (non-hydrogen) atoms. The van der Waals surface area contributed by atoms with E-state index in [0.29, 0.717) is 44.2 Å². The van der Waals surface area contributed by atoms with Crippen molar-refractivity contribution >= 4 is 56.2 Å². The van der Waals surface area contributed by atoms with Crippen LogP contribution in [0.3, 0.4) is 0 Å². The lowest BCUT2D eigenvalue weighted by Gasteiger charge is -2.19. The summed E-state index contributed by atoms with van der Waals surface area (Å²) in [6, 6.07) is 18.2. The Morgan fingerprint density at radius 3 is 2.85 bits per heavy atom. The van der Waals surface area contributed by atoms with Crippen LogP contribution in [0.1, 0.15) is 37.9 Å². The number of thiophene rings is 1. The highest BCUT2D eigenvalue weighted by Crippen LogP contribution is 2.42. The van der Waals surface area contributed by atoms with Crippen LogP contribution in [-0.2, 0) is 0 Å². The van der Waals surface area contributed by atoms with E-state index < -0.39 is 11.9 Å². The van der Waals surface area contributed by atoms with Gasteiger partial charge in [-0.1, -0.05) is 29.8 Å². The molecule has 7 nitrogen and oxygen atoms in total. The fourth-order valence-corrected chi connectivity index (χ4v) is 6.17. The molecule has 0 saturated heterocycles. The van der Waals surface area contributed by atoms with Gasteiger partial charge in [0.15, 0.2) is 5.65 Å². The Morgan fingerprint density at radius 2 is 1.95 bits per heavy atom. The quantitative estimate of drug-likeness (QED) is 0.261. The monoisotopic (exact) mass is 553 g/mol. The van der Waals surface area contributed by atoms with E-state index in [0.717, 1.165) is 15.6 Å². The van der Waals surface area contributed by atoms with Crippen molar-refractivity contribution in [3.63, 3.8) is 0 Å². The fourth-order valence-electron chi connectivity index (χ4n) is 5.00. The highest BCUT2D eigenvalue weighted by molar-refractivity contribution is 7.17. The Bertz CT molecular complexity index is 1970. The molecule has 0 bridgehead atoms. The van der Waals surface area contributed by atoms with Gasteiger partial charge in [-0.05, 0) is 54.1 Å². The molecule has 1 aliphatic heterocycles. The minimum atomic E-state index is -0.753. The normalized spacial score (nSPS) is 14.5. The molecule has 2 amide bonds. The minimum Gasteiger partial charge on any atom is -0.341 e. The first-order valence-electron chi connectivity index (χ1n) is 12.0. The van der Waals surface area contributed by atoms with E-state index in [2.05, 4.69) is 20.7 Å². The topological polar surface area (TPSA) is 88.4 Å². The summed E-state index contributed by atoms with van der Waals surface area (Å²) < 4.78 is 16.9. The number of rotatable bonds is 4. The Morgan fingerprint density at radius 1 is 1.08 bits per heavy atom. The predicted molar refractivity (Wildman–Crippen MR) is 149 cm³/mol. The van der Waals surface area contributed by atoms with Gasteiger partial charge in [0.1, 0.15) is 12.1 Å². The van der Waals surface area contributed by atoms with Crippen LogP contribution >= 0.6 is 22.9 Å². The first-order chi connectivity index (χ1) is 19.0. The number of carbonyl (C=O) groups excluding carboxylic acids is 2. The molecule has 0 radical (unpaired) electrons. The zero-order valence-corrected chi connectivity index (χ0v) is 21.6. The van der Waals surface area contributed by atoms with Gasteiger partial charge in [0.2, 0.25) is 0 Å². The van der Waals surface area contributed by atoms with Crippen molar-refractivity contribution in [1.82, 2.24) is 19.9 Å². The van der Waals surface area contributed by atoms with E-state index in [9.17, 15) is 14.0 Å². The number of hydrogen-bond acceptors (Lipinski definition) is 5. The maximum Gasteiger partial charge on any atom is 0.257 e. The molecule has 0 fully saturated rings. The maximum atomic E-state index is 14.3. The Labute approximate surface area is 229 Å². The molecule has 4 heterocycles. The number of amides is 2. The van der Waals surface area contributed by atoms with Crippen LogP contribution in [0.2, 0.25) is 5.02 Å². The van der Waals surface area contributed by atoms with Crippen LogP contribution in [-0.4, -0.2) is 26.4 Å². The molecule has 0 aliphatic carbocycles. The number of aromatic nitrogens is 3. The van der Waals surface area contributed by atoms with Gasteiger partial charge in [-0.3, -0.25) is 9.59 Å². The van der Waals surface area contributed by atoms with Crippen molar-refractivity contribution in [2.75, 3.05) is 5.32 Å². The van der Waals surface area contributed by atoms with Crippen LogP contribution in [0.15, 0.2) is 84.6 Å². The summed E-state index contributed by atoms with van der Waals surface area (Å²) in [5, 5.41) is 13.1. The van der Waals surface area contributed by atoms with Gasteiger partial charge in [0.05, 0.1) is 11.6 Å². The maximum absolute atomic E-state index is 14.3. The highest BCUT2D eigenvalue weighted by Gasteiger charge is 2.35. The number of benzene rings is 3. The van der Waals surface area contributed by atoms with Crippen molar-refractivity contribution in [1.29, 1.82) is 0 Å². The van der Waals surface area contributed by atoms with Crippen LogP contribution in [0.25, 0.3) is 26.9 Å². The fraction of sp³-hybridized carbons (Fsp3) is 0.0345. The molecule has 3 aromatic carbocycles. The largest absolute Gasteiger partial charge is 0.341 e. The average Bonchev–Trinajstić information content (AvgIpc) is 3.67. The van der Waals surface area contributed by atoms with Crippen molar-refractivity contribution < 1.29 is 14.0 Å². The molecular weight excluding hydrogens is 537 g/mol. The average molecular weight is 554 g/mol. The molecule has 10 heteroatoms. The van der Waals surface area contributed by atoms with E-state index in [1.165, 1.54) is 35.9 Å². The summed E-state index contributed by atoms with van der Waals surface area (Å²) in [4.78, 5) is 31.0. The summed E-state index contributed by atoms with van der Waals surface area (Å²) >= 11 is 7.93. The van der Waals surface area contributed by atoms with E-state index in [4.69, 9.17) is 11.6 Å². The Balaban J connectivity index is 1.40. The third-order valence-corrected chi connectivity index (χ3v) is 8.15. The Kier molecular flexibility index (Phi) is 5.43. The molecule has 7 rings (SSSR count). The van der Waals surface area contributed by atoms with Gasteiger partial charge in [0.25, 0.3) is 11.8 Å². The number of nitrogens with zero attached hydrogens (tertiary/aromatic N) is 3. The standard InChI is InChI=1S/C29H17ClFN5O2S/c30-22-7-6-17(31)11-19(22)27-26-20(28(37)35-27)9-16(15-5-8-25-32-14-33-36(25)12-15)10-23(26)34-29(38)21-13-39-24-4-2-1-3-18(21)24/h1-14,27H,(H,34,38)(H,35,37)/t27-/m1/s1. The molecule has 1 atom stereocenters. The second-order valence-corrected chi connectivity index (χ2v) is 10.5. The lowest BCUT2D eigenvalue weighted by Crippen LogP contribution is -2.21. The first-order valence-corrected chi connectivity index (χ1v) is 13.2. The SMILES string of the molecule is O=C1N[C@H](c2cc(F)ccc2Cl)c2c(NC(=O)c3csc4ccccc34)cc(-c3ccc4ncnn4c3)cc21.